The van der Waals surface area contributed by atoms with Crippen molar-refractivity contribution in [2.24, 2.45) is 0 Å². The molecule has 0 amide bonds. The molecule has 94 valence electrons. The molecule has 0 aliphatic rings. The molecule has 4 rings (SSSR count). The van der Waals surface area contributed by atoms with Crippen LogP contribution in [0.2, 0.25) is 0 Å². The third kappa shape index (κ3) is 1.51. The molecule has 0 aliphatic carbocycles. The maximum absolute atomic E-state index is 5.98. The summed E-state index contributed by atoms with van der Waals surface area (Å²) in [5.41, 5.74) is 4.76. The zero-order valence-electron chi connectivity index (χ0n) is 10.3. The number of aromatic nitrogens is 3. The maximum Gasteiger partial charge on any atom is 0.212 e. The summed E-state index contributed by atoms with van der Waals surface area (Å²) in [4.78, 5) is 5.46. The summed E-state index contributed by atoms with van der Waals surface area (Å²) in [6.07, 6.45) is 2.84. The van der Waals surface area contributed by atoms with Crippen LogP contribution < -0.4 is 0 Å². The fourth-order valence-electron chi connectivity index (χ4n) is 2.40. The van der Waals surface area contributed by atoms with Crippen LogP contribution in [-0.4, -0.2) is 14.6 Å². The molecule has 0 fully saturated rings. The largest absolute Gasteiger partial charge is 0.454 e. The Morgan fingerprint density at radius 1 is 1.32 bits per heavy atom. The summed E-state index contributed by atoms with van der Waals surface area (Å²) < 4.78 is 7.76. The van der Waals surface area contributed by atoms with Gasteiger partial charge in [0.1, 0.15) is 16.8 Å². The zero-order chi connectivity index (χ0) is 12.8. The molecule has 0 spiro atoms. The SMILES string of the molecule is CCc1c(-c2cn3ncsc3n2)oc2ccccc12. The Morgan fingerprint density at radius 3 is 3.05 bits per heavy atom. The number of hydrogen-bond donors (Lipinski definition) is 0. The molecule has 19 heavy (non-hydrogen) atoms. The third-order valence-electron chi connectivity index (χ3n) is 3.27. The second-order valence-electron chi connectivity index (χ2n) is 4.35. The average Bonchev–Trinajstić information content (AvgIpc) is 3.09. The van der Waals surface area contributed by atoms with Gasteiger partial charge in [-0.3, -0.25) is 0 Å². The first-order valence-electron chi connectivity index (χ1n) is 6.16. The Hall–Kier alpha value is -2.14. The number of rotatable bonds is 2. The van der Waals surface area contributed by atoms with Crippen molar-refractivity contribution in [1.29, 1.82) is 0 Å². The molecule has 0 unspecified atom stereocenters. The number of nitrogens with zero attached hydrogens (tertiary/aromatic N) is 3. The van der Waals surface area contributed by atoms with Crippen molar-refractivity contribution in [2.75, 3.05) is 0 Å². The lowest BCUT2D eigenvalue weighted by molar-refractivity contribution is 0.625. The molecule has 0 aliphatic heterocycles. The van der Waals surface area contributed by atoms with Gasteiger partial charge in [0.05, 0.1) is 6.20 Å². The lowest BCUT2D eigenvalue weighted by atomic mass is 10.1. The first kappa shape index (κ1) is 10.8. The van der Waals surface area contributed by atoms with Crippen LogP contribution in [0.15, 0.2) is 40.4 Å². The van der Waals surface area contributed by atoms with E-state index in [9.17, 15) is 0 Å². The fourth-order valence-corrected chi connectivity index (χ4v) is 3.01. The van der Waals surface area contributed by atoms with Gasteiger partial charge in [-0.1, -0.05) is 36.5 Å². The maximum atomic E-state index is 5.98. The zero-order valence-corrected chi connectivity index (χ0v) is 11.1. The lowest BCUT2D eigenvalue weighted by Gasteiger charge is -1.95. The molecular weight excluding hydrogens is 258 g/mol. The van der Waals surface area contributed by atoms with Gasteiger partial charge in [0.15, 0.2) is 5.76 Å². The van der Waals surface area contributed by atoms with Gasteiger partial charge in [-0.05, 0) is 12.5 Å². The van der Waals surface area contributed by atoms with Crippen molar-refractivity contribution >= 4 is 27.3 Å². The van der Waals surface area contributed by atoms with Gasteiger partial charge >= 0.3 is 0 Å². The van der Waals surface area contributed by atoms with E-state index in [-0.39, 0.29) is 0 Å². The van der Waals surface area contributed by atoms with Crippen molar-refractivity contribution in [1.82, 2.24) is 14.6 Å². The molecule has 3 aromatic heterocycles. The number of furan rings is 1. The predicted octanol–water partition coefficient (Wildman–Crippen LogP) is 3.77. The van der Waals surface area contributed by atoms with E-state index >= 15 is 0 Å². The van der Waals surface area contributed by atoms with Gasteiger partial charge in [-0.2, -0.15) is 5.10 Å². The standard InChI is InChI=1S/C14H11N3OS/c1-2-9-10-5-3-4-6-12(10)18-13(9)11-7-17-14(16-11)19-8-15-17/h3-8H,2H2,1H3. The number of para-hydroxylation sites is 1. The first-order chi connectivity index (χ1) is 9.36. The van der Waals surface area contributed by atoms with Crippen LogP contribution in [0.25, 0.3) is 27.4 Å². The first-order valence-corrected chi connectivity index (χ1v) is 7.04. The van der Waals surface area contributed by atoms with Gasteiger partial charge in [0.25, 0.3) is 0 Å². The van der Waals surface area contributed by atoms with Crippen LogP contribution in [0.1, 0.15) is 12.5 Å². The molecule has 0 saturated carbocycles. The van der Waals surface area contributed by atoms with Gasteiger partial charge in [-0.25, -0.2) is 9.50 Å². The number of benzene rings is 1. The second kappa shape index (κ2) is 3.93. The smallest absolute Gasteiger partial charge is 0.212 e. The number of hydrogen-bond acceptors (Lipinski definition) is 4. The Bertz CT molecular complexity index is 843. The summed E-state index contributed by atoms with van der Waals surface area (Å²) in [5.74, 6) is 0.862. The fraction of sp³-hybridized carbons (Fsp3) is 0.143. The second-order valence-corrected chi connectivity index (χ2v) is 5.16. The molecule has 4 nitrogen and oxygen atoms in total. The summed E-state index contributed by atoms with van der Waals surface area (Å²) in [5, 5.41) is 5.38. The molecular formula is C14H11N3OS. The van der Waals surface area contributed by atoms with E-state index < -0.39 is 0 Å². The van der Waals surface area contributed by atoms with Crippen LogP contribution in [0.4, 0.5) is 0 Å². The number of fused-ring (bicyclic) bond motifs is 2. The van der Waals surface area contributed by atoms with E-state index in [0.29, 0.717) is 0 Å². The normalized spacial score (nSPS) is 11.6. The highest BCUT2D eigenvalue weighted by atomic mass is 32.1. The van der Waals surface area contributed by atoms with Crippen molar-refractivity contribution in [3.8, 4) is 11.5 Å². The summed E-state index contributed by atoms with van der Waals surface area (Å²) in [7, 11) is 0. The Kier molecular flexibility index (Phi) is 2.22. The van der Waals surface area contributed by atoms with Crippen molar-refractivity contribution in [2.45, 2.75) is 13.3 Å². The van der Waals surface area contributed by atoms with E-state index in [1.165, 1.54) is 22.3 Å². The predicted molar refractivity (Wildman–Crippen MR) is 75.5 cm³/mol. The summed E-state index contributed by atoms with van der Waals surface area (Å²) in [6, 6.07) is 8.11. The van der Waals surface area contributed by atoms with E-state index in [1.807, 2.05) is 24.4 Å². The van der Waals surface area contributed by atoms with Crippen molar-refractivity contribution < 1.29 is 4.42 Å². The van der Waals surface area contributed by atoms with Gasteiger partial charge in [0.2, 0.25) is 4.96 Å². The lowest BCUT2D eigenvalue weighted by Crippen LogP contribution is -1.83. The quantitative estimate of drug-likeness (QED) is 0.556. The van der Waals surface area contributed by atoms with Crippen LogP contribution in [0.5, 0.6) is 0 Å². The molecule has 0 N–H and O–H groups in total. The van der Waals surface area contributed by atoms with E-state index in [2.05, 4.69) is 23.1 Å². The van der Waals surface area contributed by atoms with Crippen LogP contribution in [-0.2, 0) is 6.42 Å². The Balaban J connectivity index is 2.01. The minimum Gasteiger partial charge on any atom is -0.454 e. The Morgan fingerprint density at radius 2 is 2.21 bits per heavy atom. The van der Waals surface area contributed by atoms with Crippen LogP contribution in [0, 0.1) is 0 Å². The van der Waals surface area contributed by atoms with E-state index in [1.54, 1.807) is 10.0 Å². The molecule has 5 heteroatoms. The molecule has 3 heterocycles. The summed E-state index contributed by atoms with van der Waals surface area (Å²) >= 11 is 1.52. The third-order valence-corrected chi connectivity index (χ3v) is 3.96. The van der Waals surface area contributed by atoms with E-state index in [4.69, 9.17) is 4.42 Å². The number of imidazole rings is 1. The molecule has 0 atom stereocenters. The van der Waals surface area contributed by atoms with Crippen molar-refractivity contribution in [3.63, 3.8) is 0 Å². The topological polar surface area (TPSA) is 43.3 Å². The molecule has 0 bridgehead atoms. The monoisotopic (exact) mass is 269 g/mol. The highest BCUT2D eigenvalue weighted by Crippen LogP contribution is 2.33. The van der Waals surface area contributed by atoms with Gasteiger partial charge < -0.3 is 4.42 Å². The minimum atomic E-state index is 0.854. The minimum absolute atomic E-state index is 0.854. The van der Waals surface area contributed by atoms with Crippen LogP contribution >= 0.6 is 11.3 Å². The highest BCUT2D eigenvalue weighted by molar-refractivity contribution is 7.14. The average molecular weight is 269 g/mol. The molecule has 0 saturated heterocycles. The van der Waals surface area contributed by atoms with Gasteiger partial charge in [-0.15, -0.1) is 0 Å². The highest BCUT2D eigenvalue weighted by Gasteiger charge is 2.17. The van der Waals surface area contributed by atoms with Crippen LogP contribution in [0.3, 0.4) is 0 Å². The molecule has 0 radical (unpaired) electrons. The number of aryl methyl sites for hydroxylation is 1. The molecule has 1 aromatic carbocycles. The summed E-state index contributed by atoms with van der Waals surface area (Å²) in [6.45, 7) is 2.14. The molecule has 4 aromatic rings. The van der Waals surface area contributed by atoms with E-state index in [0.717, 1.165) is 28.4 Å². The van der Waals surface area contributed by atoms with Crippen molar-refractivity contribution in [3.05, 3.63) is 41.5 Å². The van der Waals surface area contributed by atoms with Gasteiger partial charge in [0, 0.05) is 10.9 Å². The Labute approximate surface area is 113 Å².